The third kappa shape index (κ3) is 3.42. The molecule has 0 aromatic heterocycles. The van der Waals surface area contributed by atoms with Crippen LogP contribution >= 0.6 is 0 Å². The molecule has 1 N–H and O–H groups in total. The summed E-state index contributed by atoms with van der Waals surface area (Å²) in [4.78, 5) is 4.22. The van der Waals surface area contributed by atoms with Crippen LogP contribution in [0, 0.1) is 11.6 Å². The van der Waals surface area contributed by atoms with Gasteiger partial charge in [0.25, 0.3) is 0 Å². The SMILES string of the molecule is CN(CC(O)c1cccc(F)c1F)CC1(N(C)C)CCC1. The van der Waals surface area contributed by atoms with Crippen LogP contribution in [-0.4, -0.2) is 54.7 Å². The Labute approximate surface area is 125 Å². The van der Waals surface area contributed by atoms with Gasteiger partial charge in [0.05, 0.1) is 6.10 Å². The zero-order chi connectivity index (χ0) is 15.6. The van der Waals surface area contributed by atoms with Crippen molar-refractivity contribution in [3.63, 3.8) is 0 Å². The normalized spacial score (nSPS) is 18.9. The Morgan fingerprint density at radius 1 is 1.24 bits per heavy atom. The number of likely N-dealkylation sites (N-methyl/N-ethyl adjacent to an activating group) is 2. The lowest BCUT2D eigenvalue weighted by Gasteiger charge is -2.49. The molecule has 0 amide bonds. The van der Waals surface area contributed by atoms with E-state index in [-0.39, 0.29) is 17.6 Å². The van der Waals surface area contributed by atoms with Crippen molar-refractivity contribution >= 4 is 0 Å². The molecule has 1 aromatic rings. The topological polar surface area (TPSA) is 26.7 Å². The largest absolute Gasteiger partial charge is 0.387 e. The van der Waals surface area contributed by atoms with Gasteiger partial charge >= 0.3 is 0 Å². The highest BCUT2D eigenvalue weighted by Gasteiger charge is 2.40. The molecule has 118 valence electrons. The molecule has 2 rings (SSSR count). The standard InChI is InChI=1S/C16H24F2N2O/c1-19(2)16(8-5-9-16)11-20(3)10-14(21)12-6-4-7-13(17)15(12)18/h4,6-7,14,21H,5,8-11H2,1-3H3. The minimum Gasteiger partial charge on any atom is -0.387 e. The predicted molar refractivity (Wildman–Crippen MR) is 79.1 cm³/mol. The van der Waals surface area contributed by atoms with E-state index in [0.29, 0.717) is 0 Å². The summed E-state index contributed by atoms with van der Waals surface area (Å²) in [5, 5.41) is 10.2. The van der Waals surface area contributed by atoms with Gasteiger partial charge in [-0.15, -0.1) is 0 Å². The molecule has 1 atom stereocenters. The molecule has 0 bridgehead atoms. The average molecular weight is 298 g/mol. The molecule has 1 unspecified atom stereocenters. The molecule has 1 aliphatic carbocycles. The molecule has 1 saturated carbocycles. The van der Waals surface area contributed by atoms with Gasteiger partial charge in [-0.05, 0) is 46.5 Å². The second-order valence-corrected chi connectivity index (χ2v) is 6.33. The van der Waals surface area contributed by atoms with Crippen molar-refractivity contribution in [3.05, 3.63) is 35.4 Å². The third-order valence-electron chi connectivity index (χ3n) is 4.62. The lowest BCUT2D eigenvalue weighted by Crippen LogP contribution is -2.57. The molecule has 21 heavy (non-hydrogen) atoms. The molecule has 5 heteroatoms. The fourth-order valence-electron chi connectivity index (χ4n) is 3.07. The van der Waals surface area contributed by atoms with Crippen LogP contribution in [0.3, 0.4) is 0 Å². The van der Waals surface area contributed by atoms with Crippen molar-refractivity contribution in [2.45, 2.75) is 30.9 Å². The van der Waals surface area contributed by atoms with E-state index in [2.05, 4.69) is 19.0 Å². The summed E-state index contributed by atoms with van der Waals surface area (Å²) in [6.45, 7) is 1.10. The summed E-state index contributed by atoms with van der Waals surface area (Å²) in [7, 11) is 6.04. The van der Waals surface area contributed by atoms with E-state index >= 15 is 0 Å². The fraction of sp³-hybridized carbons (Fsp3) is 0.625. The molecule has 0 aliphatic heterocycles. The van der Waals surface area contributed by atoms with Gasteiger partial charge in [0.2, 0.25) is 0 Å². The maximum Gasteiger partial charge on any atom is 0.164 e. The Morgan fingerprint density at radius 2 is 1.90 bits per heavy atom. The van der Waals surface area contributed by atoms with E-state index in [4.69, 9.17) is 0 Å². The first-order chi connectivity index (χ1) is 9.85. The van der Waals surface area contributed by atoms with Crippen molar-refractivity contribution < 1.29 is 13.9 Å². The minimum atomic E-state index is -1.02. The summed E-state index contributed by atoms with van der Waals surface area (Å²) in [6.07, 6.45) is 2.46. The first-order valence-electron chi connectivity index (χ1n) is 7.34. The van der Waals surface area contributed by atoms with Crippen LogP contribution in [0.2, 0.25) is 0 Å². The lowest BCUT2D eigenvalue weighted by atomic mass is 9.75. The smallest absolute Gasteiger partial charge is 0.164 e. The average Bonchev–Trinajstić information content (AvgIpc) is 2.36. The number of halogens is 2. The molecule has 3 nitrogen and oxygen atoms in total. The number of hydrogen-bond acceptors (Lipinski definition) is 3. The monoisotopic (exact) mass is 298 g/mol. The Balaban J connectivity index is 1.99. The second kappa shape index (κ2) is 6.38. The molecule has 1 aliphatic rings. The molecule has 0 heterocycles. The summed E-state index contributed by atoms with van der Waals surface area (Å²) in [6, 6.07) is 3.91. The number of benzene rings is 1. The zero-order valence-corrected chi connectivity index (χ0v) is 12.9. The van der Waals surface area contributed by atoms with Crippen LogP contribution in [0.25, 0.3) is 0 Å². The highest BCUT2D eigenvalue weighted by Crippen LogP contribution is 2.36. The predicted octanol–water partition coefficient (Wildman–Crippen LogP) is 2.41. The molecule has 0 saturated heterocycles. The second-order valence-electron chi connectivity index (χ2n) is 6.33. The van der Waals surface area contributed by atoms with Gasteiger partial charge in [0, 0.05) is 24.2 Å². The maximum atomic E-state index is 13.7. The highest BCUT2D eigenvalue weighted by molar-refractivity contribution is 5.21. The maximum absolute atomic E-state index is 13.7. The van der Waals surface area contributed by atoms with Gasteiger partial charge in [0.1, 0.15) is 0 Å². The first-order valence-corrected chi connectivity index (χ1v) is 7.34. The van der Waals surface area contributed by atoms with Crippen LogP contribution in [0.4, 0.5) is 8.78 Å². The van der Waals surface area contributed by atoms with E-state index < -0.39 is 17.7 Å². The van der Waals surface area contributed by atoms with Crippen LogP contribution in [-0.2, 0) is 0 Å². The molecule has 0 radical (unpaired) electrons. The summed E-state index contributed by atoms with van der Waals surface area (Å²) in [5.74, 6) is -1.87. The van der Waals surface area contributed by atoms with E-state index in [1.165, 1.54) is 18.6 Å². The number of aliphatic hydroxyl groups excluding tert-OH is 1. The summed E-state index contributed by atoms with van der Waals surface area (Å²) in [5.41, 5.74) is 0.170. The van der Waals surface area contributed by atoms with Crippen LogP contribution in [0.15, 0.2) is 18.2 Å². The quantitative estimate of drug-likeness (QED) is 0.874. The minimum absolute atomic E-state index is 0.0226. The zero-order valence-electron chi connectivity index (χ0n) is 12.9. The van der Waals surface area contributed by atoms with Gasteiger partial charge in [-0.3, -0.25) is 0 Å². The van der Waals surface area contributed by atoms with Crippen LogP contribution < -0.4 is 0 Å². The van der Waals surface area contributed by atoms with E-state index in [9.17, 15) is 13.9 Å². The van der Waals surface area contributed by atoms with Crippen LogP contribution in [0.1, 0.15) is 30.9 Å². The van der Waals surface area contributed by atoms with Crippen molar-refractivity contribution in [1.29, 1.82) is 0 Å². The number of nitrogens with zero attached hydrogens (tertiary/aromatic N) is 2. The van der Waals surface area contributed by atoms with Crippen LogP contribution in [0.5, 0.6) is 0 Å². The van der Waals surface area contributed by atoms with Crippen molar-refractivity contribution in [2.24, 2.45) is 0 Å². The van der Waals surface area contributed by atoms with Crippen molar-refractivity contribution in [2.75, 3.05) is 34.2 Å². The third-order valence-corrected chi connectivity index (χ3v) is 4.62. The van der Waals surface area contributed by atoms with Gasteiger partial charge < -0.3 is 14.9 Å². The van der Waals surface area contributed by atoms with E-state index in [1.54, 1.807) is 0 Å². The Hall–Kier alpha value is -1.04. The van der Waals surface area contributed by atoms with Gasteiger partial charge in [-0.25, -0.2) is 8.78 Å². The Kier molecular flexibility index (Phi) is 4.96. The fourth-order valence-corrected chi connectivity index (χ4v) is 3.07. The number of hydrogen-bond donors (Lipinski definition) is 1. The number of rotatable bonds is 6. The van der Waals surface area contributed by atoms with Gasteiger partial charge in [-0.2, -0.15) is 0 Å². The molecule has 0 spiro atoms. The Morgan fingerprint density at radius 3 is 2.43 bits per heavy atom. The molecular weight excluding hydrogens is 274 g/mol. The summed E-state index contributed by atoms with van der Waals surface area (Å²) >= 11 is 0. The van der Waals surface area contributed by atoms with Gasteiger partial charge in [0.15, 0.2) is 11.6 Å². The van der Waals surface area contributed by atoms with E-state index in [1.807, 2.05) is 11.9 Å². The molecule has 1 aromatic carbocycles. The number of aliphatic hydroxyl groups is 1. The summed E-state index contributed by atoms with van der Waals surface area (Å²) < 4.78 is 26.9. The van der Waals surface area contributed by atoms with E-state index in [0.717, 1.165) is 25.5 Å². The van der Waals surface area contributed by atoms with Crippen molar-refractivity contribution in [3.8, 4) is 0 Å². The van der Waals surface area contributed by atoms with Gasteiger partial charge in [-0.1, -0.05) is 12.1 Å². The molecular formula is C16H24F2N2O. The molecule has 1 fully saturated rings. The highest BCUT2D eigenvalue weighted by atomic mass is 19.2. The lowest BCUT2D eigenvalue weighted by molar-refractivity contribution is 0.0142. The first kappa shape index (κ1) is 16.3. The van der Waals surface area contributed by atoms with Crippen molar-refractivity contribution in [1.82, 2.24) is 9.80 Å². The Bertz CT molecular complexity index is 489.